The van der Waals surface area contributed by atoms with E-state index in [0.717, 1.165) is 55.2 Å². The number of nitrogens with zero attached hydrogens (tertiary/aromatic N) is 4. The maximum atomic E-state index is 12.8. The molecule has 2 aliphatic rings. The van der Waals surface area contributed by atoms with Crippen LogP contribution in [0.25, 0.3) is 11.4 Å². The number of carbonyl (C=O) groups is 1. The highest BCUT2D eigenvalue weighted by atomic mass is 32.2. The van der Waals surface area contributed by atoms with Crippen molar-refractivity contribution in [3.05, 3.63) is 31.8 Å². The molecule has 2 aliphatic carbocycles. The summed E-state index contributed by atoms with van der Waals surface area (Å²) in [6.45, 7) is 5.22. The number of rotatable bonds is 7. The van der Waals surface area contributed by atoms with Crippen LogP contribution in [0.2, 0.25) is 0 Å². The first-order valence-electron chi connectivity index (χ1n) is 12.1. The standard InChI is InChI=1S/C25H29N5OS3/c1-3-10-30-23(19-13-32-20-7-5-4-6-16(19)20)28-29-25(30)33-14-22(31)27-24-18(12-26)17-9-8-15(2)11-21(17)34-24/h13,15H,3-11,14H2,1-2H3,(H,27,31). The van der Waals surface area contributed by atoms with Crippen molar-refractivity contribution < 1.29 is 4.79 Å². The molecule has 0 fully saturated rings. The first-order chi connectivity index (χ1) is 16.6. The molecule has 1 atom stereocenters. The monoisotopic (exact) mass is 511 g/mol. The molecule has 3 aromatic rings. The van der Waals surface area contributed by atoms with Crippen molar-refractivity contribution in [2.75, 3.05) is 11.1 Å². The summed E-state index contributed by atoms with van der Waals surface area (Å²) in [6.07, 6.45) is 8.78. The third-order valence-corrected chi connectivity index (χ3v) is 9.90. The SMILES string of the molecule is CCCn1c(SCC(=O)Nc2sc3c(c2C#N)CCC(C)C3)nnc1-c1csc2c1CCCC2. The maximum Gasteiger partial charge on any atom is 0.235 e. The number of anilines is 1. The van der Waals surface area contributed by atoms with Gasteiger partial charge < -0.3 is 9.88 Å². The van der Waals surface area contributed by atoms with E-state index < -0.39 is 0 Å². The van der Waals surface area contributed by atoms with Crippen molar-refractivity contribution in [2.24, 2.45) is 5.92 Å². The Morgan fingerprint density at radius 3 is 2.94 bits per heavy atom. The van der Waals surface area contributed by atoms with Crippen molar-refractivity contribution in [2.45, 2.75) is 76.9 Å². The van der Waals surface area contributed by atoms with Gasteiger partial charge in [0.15, 0.2) is 11.0 Å². The number of nitriles is 1. The van der Waals surface area contributed by atoms with Crippen LogP contribution in [-0.4, -0.2) is 26.4 Å². The lowest BCUT2D eigenvalue weighted by Gasteiger charge is -2.17. The fraction of sp³-hybridized carbons (Fsp3) is 0.520. The smallest absolute Gasteiger partial charge is 0.235 e. The third kappa shape index (κ3) is 4.56. The van der Waals surface area contributed by atoms with E-state index in [0.29, 0.717) is 16.5 Å². The summed E-state index contributed by atoms with van der Waals surface area (Å²) in [5.41, 5.74) is 4.45. The van der Waals surface area contributed by atoms with E-state index in [1.54, 1.807) is 11.3 Å². The number of hydrogen-bond donors (Lipinski definition) is 1. The van der Waals surface area contributed by atoms with Gasteiger partial charge in [0.25, 0.3) is 0 Å². The van der Waals surface area contributed by atoms with Crippen LogP contribution in [0.4, 0.5) is 5.00 Å². The highest BCUT2D eigenvalue weighted by molar-refractivity contribution is 7.99. The molecule has 178 valence electrons. The lowest BCUT2D eigenvalue weighted by molar-refractivity contribution is -0.113. The Morgan fingerprint density at radius 2 is 2.12 bits per heavy atom. The number of thiophene rings is 2. The molecule has 5 rings (SSSR count). The Labute approximate surface area is 212 Å². The van der Waals surface area contributed by atoms with E-state index in [-0.39, 0.29) is 11.7 Å². The van der Waals surface area contributed by atoms with Gasteiger partial charge in [-0.15, -0.1) is 32.9 Å². The number of thioether (sulfide) groups is 1. The Kier molecular flexibility index (Phi) is 7.09. The molecule has 1 amide bonds. The second-order valence-corrected chi connectivity index (χ2v) is 12.2. The fourth-order valence-electron chi connectivity index (χ4n) is 4.95. The van der Waals surface area contributed by atoms with Crippen molar-refractivity contribution in [3.63, 3.8) is 0 Å². The number of carbonyl (C=O) groups excluding carboxylic acids is 1. The van der Waals surface area contributed by atoms with Crippen molar-refractivity contribution in [3.8, 4) is 17.5 Å². The zero-order valence-electron chi connectivity index (χ0n) is 19.6. The highest BCUT2D eigenvalue weighted by Crippen LogP contribution is 2.40. The Morgan fingerprint density at radius 1 is 1.26 bits per heavy atom. The normalized spacial score (nSPS) is 17.1. The Balaban J connectivity index is 1.31. The van der Waals surface area contributed by atoms with Gasteiger partial charge in [-0.25, -0.2) is 0 Å². The van der Waals surface area contributed by atoms with Crippen LogP contribution in [-0.2, 0) is 37.0 Å². The molecule has 0 bridgehead atoms. The van der Waals surface area contributed by atoms with Crippen LogP contribution >= 0.6 is 34.4 Å². The summed E-state index contributed by atoms with van der Waals surface area (Å²) in [6, 6.07) is 2.33. The van der Waals surface area contributed by atoms with E-state index in [1.807, 2.05) is 11.3 Å². The molecule has 0 aromatic carbocycles. The number of aryl methyl sites for hydroxylation is 1. The average Bonchev–Trinajstić information content (AvgIpc) is 3.52. The number of fused-ring (bicyclic) bond motifs is 2. The Hall–Kier alpha value is -2.15. The van der Waals surface area contributed by atoms with Crippen molar-refractivity contribution in [1.82, 2.24) is 14.8 Å². The predicted octanol–water partition coefficient (Wildman–Crippen LogP) is 6.08. The molecular formula is C25H29N5OS3. The molecule has 3 aromatic heterocycles. The minimum absolute atomic E-state index is 0.103. The fourth-order valence-corrected chi connectivity index (χ4v) is 8.22. The van der Waals surface area contributed by atoms with Crippen LogP contribution in [0.3, 0.4) is 0 Å². The molecular weight excluding hydrogens is 483 g/mol. The molecule has 34 heavy (non-hydrogen) atoms. The number of amides is 1. The van der Waals surface area contributed by atoms with Gasteiger partial charge in [0, 0.05) is 27.2 Å². The maximum absolute atomic E-state index is 12.8. The first kappa shape index (κ1) is 23.6. The van der Waals surface area contributed by atoms with Crippen LogP contribution in [0.5, 0.6) is 0 Å². The van der Waals surface area contributed by atoms with Gasteiger partial charge in [-0.2, -0.15) is 5.26 Å². The number of nitrogens with one attached hydrogen (secondary N) is 1. The first-order valence-corrected chi connectivity index (χ1v) is 14.8. The van der Waals surface area contributed by atoms with Gasteiger partial charge in [-0.1, -0.05) is 25.6 Å². The van der Waals surface area contributed by atoms with Gasteiger partial charge in [0.2, 0.25) is 5.91 Å². The van der Waals surface area contributed by atoms with Gasteiger partial charge >= 0.3 is 0 Å². The summed E-state index contributed by atoms with van der Waals surface area (Å²) in [5, 5.41) is 25.4. The molecule has 0 saturated heterocycles. The quantitative estimate of drug-likeness (QED) is 0.388. The van der Waals surface area contributed by atoms with Gasteiger partial charge in [0.05, 0.1) is 11.3 Å². The average molecular weight is 512 g/mol. The lowest BCUT2D eigenvalue weighted by Crippen LogP contribution is -2.15. The molecule has 1 N–H and O–H groups in total. The molecule has 6 nitrogen and oxygen atoms in total. The summed E-state index contributed by atoms with van der Waals surface area (Å²) in [7, 11) is 0. The third-order valence-electron chi connectivity index (χ3n) is 6.68. The predicted molar refractivity (Wildman–Crippen MR) is 140 cm³/mol. The molecule has 0 aliphatic heterocycles. The second-order valence-electron chi connectivity index (χ2n) is 9.22. The number of aromatic nitrogens is 3. The topological polar surface area (TPSA) is 83.6 Å². The van der Waals surface area contributed by atoms with E-state index in [9.17, 15) is 10.1 Å². The lowest BCUT2D eigenvalue weighted by atomic mass is 9.89. The highest BCUT2D eigenvalue weighted by Gasteiger charge is 2.25. The molecule has 1 unspecified atom stereocenters. The van der Waals surface area contributed by atoms with Gasteiger partial charge in [-0.3, -0.25) is 4.79 Å². The minimum atomic E-state index is -0.103. The minimum Gasteiger partial charge on any atom is -0.316 e. The van der Waals surface area contributed by atoms with Crippen molar-refractivity contribution >= 4 is 45.3 Å². The number of hydrogen-bond acceptors (Lipinski definition) is 7. The van der Waals surface area contributed by atoms with Crippen LogP contribution < -0.4 is 5.32 Å². The van der Waals surface area contributed by atoms with Gasteiger partial charge in [0.1, 0.15) is 11.1 Å². The largest absolute Gasteiger partial charge is 0.316 e. The summed E-state index contributed by atoms with van der Waals surface area (Å²) >= 11 is 4.83. The van der Waals surface area contributed by atoms with Crippen LogP contribution in [0, 0.1) is 17.2 Å². The van der Waals surface area contributed by atoms with Crippen LogP contribution in [0.15, 0.2) is 10.5 Å². The molecule has 3 heterocycles. The molecule has 0 radical (unpaired) electrons. The second kappa shape index (κ2) is 10.2. The van der Waals surface area contributed by atoms with Crippen LogP contribution in [0.1, 0.15) is 66.0 Å². The zero-order chi connectivity index (χ0) is 23.7. The van der Waals surface area contributed by atoms with E-state index in [4.69, 9.17) is 0 Å². The van der Waals surface area contributed by atoms with E-state index in [2.05, 4.69) is 45.4 Å². The van der Waals surface area contributed by atoms with E-state index in [1.165, 1.54) is 51.9 Å². The molecule has 0 saturated carbocycles. The summed E-state index contributed by atoms with van der Waals surface area (Å²) in [4.78, 5) is 15.6. The Bertz CT molecular complexity index is 1250. The summed E-state index contributed by atoms with van der Waals surface area (Å²) < 4.78 is 2.17. The molecule has 9 heteroatoms. The molecule has 0 spiro atoms. The van der Waals surface area contributed by atoms with Crippen molar-refractivity contribution in [1.29, 1.82) is 5.26 Å². The zero-order valence-corrected chi connectivity index (χ0v) is 22.1. The summed E-state index contributed by atoms with van der Waals surface area (Å²) in [5.74, 6) is 1.70. The van der Waals surface area contributed by atoms with Gasteiger partial charge in [-0.05, 0) is 68.4 Å². The van der Waals surface area contributed by atoms with E-state index >= 15 is 0 Å².